The van der Waals surface area contributed by atoms with E-state index in [2.05, 4.69) is 25.4 Å². The number of pyridine rings is 1. The van der Waals surface area contributed by atoms with Crippen LogP contribution in [-0.2, 0) is 18.3 Å². The van der Waals surface area contributed by atoms with Crippen LogP contribution in [0.4, 0.5) is 5.69 Å². The van der Waals surface area contributed by atoms with E-state index in [0.717, 1.165) is 11.1 Å². The maximum atomic E-state index is 12.3. The standard InChI is InChI=1S/C22H22N6O4/c1-13-17(12-28(2)27-13)26-22(29)9-21-24-10-14(11-25-21)32-18-5-6-23-16-8-20(31-4)19(30-3)7-15(16)18/h5-8,10-12H,9H2,1-4H3,(H,26,29). The molecule has 10 nitrogen and oxygen atoms in total. The summed E-state index contributed by atoms with van der Waals surface area (Å²) >= 11 is 0. The van der Waals surface area contributed by atoms with Crippen molar-refractivity contribution in [2.24, 2.45) is 7.05 Å². The minimum atomic E-state index is -0.226. The summed E-state index contributed by atoms with van der Waals surface area (Å²) in [5, 5.41) is 7.76. The largest absolute Gasteiger partial charge is 0.493 e. The highest BCUT2D eigenvalue weighted by atomic mass is 16.5. The van der Waals surface area contributed by atoms with Crippen molar-refractivity contribution in [3.63, 3.8) is 0 Å². The van der Waals surface area contributed by atoms with Gasteiger partial charge in [-0.05, 0) is 19.1 Å². The molecule has 1 aromatic carbocycles. The van der Waals surface area contributed by atoms with E-state index >= 15 is 0 Å². The van der Waals surface area contributed by atoms with E-state index in [1.807, 2.05) is 6.92 Å². The van der Waals surface area contributed by atoms with E-state index in [4.69, 9.17) is 14.2 Å². The zero-order chi connectivity index (χ0) is 22.7. The highest BCUT2D eigenvalue weighted by Crippen LogP contribution is 2.36. The average Bonchev–Trinajstić information content (AvgIpc) is 3.10. The maximum absolute atomic E-state index is 12.3. The Morgan fingerprint density at radius 1 is 1.06 bits per heavy atom. The molecule has 0 spiro atoms. The van der Waals surface area contributed by atoms with Gasteiger partial charge in [-0.3, -0.25) is 14.5 Å². The maximum Gasteiger partial charge on any atom is 0.232 e. The molecule has 3 aromatic heterocycles. The zero-order valence-corrected chi connectivity index (χ0v) is 18.1. The van der Waals surface area contributed by atoms with Gasteiger partial charge in [0.05, 0.1) is 49.9 Å². The van der Waals surface area contributed by atoms with Gasteiger partial charge in [-0.2, -0.15) is 5.10 Å². The number of carbonyl (C=O) groups is 1. The van der Waals surface area contributed by atoms with Crippen LogP contribution in [0, 0.1) is 6.92 Å². The second-order valence-corrected chi connectivity index (χ2v) is 7.00. The molecule has 4 aromatic rings. The molecule has 0 atom stereocenters. The van der Waals surface area contributed by atoms with Crippen molar-refractivity contribution in [2.75, 3.05) is 19.5 Å². The molecule has 0 saturated carbocycles. The molecule has 0 unspecified atom stereocenters. The third kappa shape index (κ3) is 4.43. The lowest BCUT2D eigenvalue weighted by atomic mass is 10.2. The lowest BCUT2D eigenvalue weighted by Crippen LogP contribution is -2.16. The number of nitrogens with zero attached hydrogens (tertiary/aromatic N) is 5. The molecular formula is C22H22N6O4. The molecular weight excluding hydrogens is 412 g/mol. The van der Waals surface area contributed by atoms with E-state index in [1.165, 1.54) is 12.4 Å². The van der Waals surface area contributed by atoms with E-state index in [-0.39, 0.29) is 12.3 Å². The number of carbonyl (C=O) groups excluding carboxylic acids is 1. The smallest absolute Gasteiger partial charge is 0.232 e. The quantitative estimate of drug-likeness (QED) is 0.472. The summed E-state index contributed by atoms with van der Waals surface area (Å²) in [5.41, 5.74) is 2.10. The molecule has 0 radical (unpaired) electrons. The summed E-state index contributed by atoms with van der Waals surface area (Å²) < 4.78 is 18.3. The molecule has 0 bridgehead atoms. The van der Waals surface area contributed by atoms with Crippen LogP contribution >= 0.6 is 0 Å². The normalized spacial score (nSPS) is 10.8. The molecule has 10 heteroatoms. The van der Waals surface area contributed by atoms with Gasteiger partial charge in [0.2, 0.25) is 5.91 Å². The van der Waals surface area contributed by atoms with Crippen molar-refractivity contribution in [3.05, 3.63) is 54.5 Å². The zero-order valence-electron chi connectivity index (χ0n) is 18.1. The highest BCUT2D eigenvalue weighted by Gasteiger charge is 2.13. The summed E-state index contributed by atoms with van der Waals surface area (Å²) in [7, 11) is 4.93. The van der Waals surface area contributed by atoms with E-state index < -0.39 is 0 Å². The molecule has 0 aliphatic carbocycles. The van der Waals surface area contributed by atoms with E-state index in [0.29, 0.717) is 40.0 Å². The van der Waals surface area contributed by atoms with Crippen LogP contribution < -0.4 is 19.5 Å². The second kappa shape index (κ2) is 8.88. The van der Waals surface area contributed by atoms with Crippen LogP contribution in [0.3, 0.4) is 0 Å². The van der Waals surface area contributed by atoms with Crippen LogP contribution in [0.25, 0.3) is 10.9 Å². The van der Waals surface area contributed by atoms with Crippen molar-refractivity contribution >= 4 is 22.5 Å². The summed E-state index contributed by atoms with van der Waals surface area (Å²) in [6, 6.07) is 5.32. The first-order valence-corrected chi connectivity index (χ1v) is 9.76. The Hall–Kier alpha value is -4.21. The van der Waals surface area contributed by atoms with Crippen molar-refractivity contribution in [1.82, 2.24) is 24.7 Å². The van der Waals surface area contributed by atoms with Gasteiger partial charge in [0.25, 0.3) is 0 Å². The fraction of sp³-hybridized carbons (Fsp3) is 0.227. The number of benzene rings is 1. The number of hydrogen-bond donors (Lipinski definition) is 1. The van der Waals surface area contributed by atoms with E-state index in [1.54, 1.807) is 56.5 Å². The van der Waals surface area contributed by atoms with Crippen molar-refractivity contribution in [1.29, 1.82) is 0 Å². The number of methoxy groups -OCH3 is 2. The van der Waals surface area contributed by atoms with Crippen LogP contribution in [0.2, 0.25) is 0 Å². The number of rotatable bonds is 7. The molecule has 164 valence electrons. The lowest BCUT2D eigenvalue weighted by molar-refractivity contribution is -0.115. The predicted octanol–water partition coefficient (Wildman–Crippen LogP) is 3.06. The van der Waals surface area contributed by atoms with Gasteiger partial charge >= 0.3 is 0 Å². The summed E-state index contributed by atoms with van der Waals surface area (Å²) in [5.74, 6) is 2.30. The van der Waals surface area contributed by atoms with Gasteiger partial charge in [0.15, 0.2) is 17.2 Å². The molecule has 0 aliphatic heterocycles. The SMILES string of the molecule is COc1cc2nccc(Oc3cnc(CC(=O)Nc4cn(C)nc4C)nc3)c2cc1OC. The number of anilines is 1. The number of aryl methyl sites for hydroxylation is 2. The molecule has 32 heavy (non-hydrogen) atoms. The summed E-state index contributed by atoms with van der Waals surface area (Å²) in [6.07, 6.45) is 6.47. The van der Waals surface area contributed by atoms with E-state index in [9.17, 15) is 4.79 Å². The summed E-state index contributed by atoms with van der Waals surface area (Å²) in [4.78, 5) is 25.1. The van der Waals surface area contributed by atoms with Gasteiger partial charge in [-0.15, -0.1) is 0 Å². The number of ether oxygens (including phenoxy) is 3. The van der Waals surface area contributed by atoms with Crippen LogP contribution in [0.15, 0.2) is 43.0 Å². The monoisotopic (exact) mass is 434 g/mol. The first-order valence-electron chi connectivity index (χ1n) is 9.76. The minimum Gasteiger partial charge on any atom is -0.493 e. The van der Waals surface area contributed by atoms with Gasteiger partial charge in [0, 0.05) is 30.9 Å². The number of hydrogen-bond acceptors (Lipinski definition) is 8. The Balaban J connectivity index is 1.48. The second-order valence-electron chi connectivity index (χ2n) is 7.00. The Kier molecular flexibility index (Phi) is 5.84. The Bertz CT molecular complexity index is 1270. The molecule has 4 rings (SSSR count). The molecule has 1 amide bonds. The Labute approximate surface area is 184 Å². The first kappa shape index (κ1) is 21.0. The molecule has 0 saturated heterocycles. The fourth-order valence-electron chi connectivity index (χ4n) is 3.21. The van der Waals surface area contributed by atoms with Crippen LogP contribution in [0.5, 0.6) is 23.0 Å². The predicted molar refractivity (Wildman–Crippen MR) is 117 cm³/mol. The van der Waals surface area contributed by atoms with Crippen molar-refractivity contribution < 1.29 is 19.0 Å². The molecule has 3 heterocycles. The number of nitrogens with one attached hydrogen (secondary N) is 1. The van der Waals surface area contributed by atoms with Gasteiger partial charge in [-0.25, -0.2) is 9.97 Å². The third-order valence-corrected chi connectivity index (χ3v) is 4.72. The minimum absolute atomic E-state index is 0.0315. The third-order valence-electron chi connectivity index (χ3n) is 4.72. The van der Waals surface area contributed by atoms with Crippen molar-refractivity contribution in [2.45, 2.75) is 13.3 Å². The first-order chi connectivity index (χ1) is 15.5. The number of amides is 1. The summed E-state index contributed by atoms with van der Waals surface area (Å²) in [6.45, 7) is 1.83. The van der Waals surface area contributed by atoms with Gasteiger partial charge in [0.1, 0.15) is 11.6 Å². The average molecular weight is 434 g/mol. The molecule has 0 fully saturated rings. The highest BCUT2D eigenvalue weighted by molar-refractivity contribution is 5.92. The Morgan fingerprint density at radius 3 is 2.44 bits per heavy atom. The fourth-order valence-corrected chi connectivity index (χ4v) is 3.21. The van der Waals surface area contributed by atoms with Crippen molar-refractivity contribution in [3.8, 4) is 23.0 Å². The van der Waals surface area contributed by atoms with Crippen LogP contribution in [0.1, 0.15) is 11.5 Å². The molecule has 0 aliphatic rings. The topological polar surface area (TPSA) is 113 Å². The number of fused-ring (bicyclic) bond motifs is 1. The van der Waals surface area contributed by atoms with Gasteiger partial charge in [-0.1, -0.05) is 0 Å². The lowest BCUT2D eigenvalue weighted by Gasteiger charge is -2.12. The van der Waals surface area contributed by atoms with Crippen LogP contribution in [-0.4, -0.2) is 44.9 Å². The number of aromatic nitrogens is 5. The molecule has 1 N–H and O–H groups in total. The Morgan fingerprint density at radius 2 is 1.78 bits per heavy atom. The van der Waals surface area contributed by atoms with Gasteiger partial charge < -0.3 is 19.5 Å².